The van der Waals surface area contributed by atoms with Gasteiger partial charge in [-0.3, -0.25) is 19.4 Å². The number of carbonyl (C=O) groups excluding carboxylic acids is 2. The number of nitrogens with zero attached hydrogens (tertiary/aromatic N) is 2. The molecule has 0 aliphatic carbocycles. The predicted octanol–water partition coefficient (Wildman–Crippen LogP) is 4.88. The molecule has 0 spiro atoms. The van der Waals surface area contributed by atoms with E-state index in [9.17, 15) is 22.8 Å². The molecule has 4 N–H and O–H groups in total. The van der Waals surface area contributed by atoms with Gasteiger partial charge in [-0.2, -0.15) is 13.2 Å². The van der Waals surface area contributed by atoms with E-state index in [2.05, 4.69) is 15.5 Å². The molecule has 4 rings (SSSR count). The molecule has 222 valence electrons. The second kappa shape index (κ2) is 14.1. The Morgan fingerprint density at radius 2 is 1.67 bits per heavy atom. The number of para-hydroxylation sites is 2. The Morgan fingerprint density at radius 1 is 1.00 bits per heavy atom. The molecule has 11 heteroatoms. The standard InChI is InChI=1S/C31H34F3N5O3/c1-38(16-17-39-18-20-42-21-19-39)29(30(41)36-25-13-11-24(12-14-25)31(32,33)34)23-9-6-22(7-10-23)8-15-28(40)37-27-5-3-2-4-26(27)35/h2-15,29H,16-21,35H2,1H3,(H,36,41)(H,37,40)/b15-8+. The van der Waals surface area contributed by atoms with Crippen molar-refractivity contribution >= 4 is 35.0 Å². The molecule has 0 saturated carbocycles. The maximum Gasteiger partial charge on any atom is 0.416 e. The molecule has 0 radical (unpaired) electrons. The summed E-state index contributed by atoms with van der Waals surface area (Å²) < 4.78 is 44.4. The molecule has 1 aliphatic heterocycles. The molecule has 1 aliphatic rings. The minimum atomic E-state index is -4.46. The van der Waals surface area contributed by atoms with E-state index in [0.29, 0.717) is 36.7 Å². The summed E-state index contributed by atoms with van der Waals surface area (Å²) in [4.78, 5) is 30.0. The fourth-order valence-electron chi connectivity index (χ4n) is 4.56. The van der Waals surface area contributed by atoms with Crippen molar-refractivity contribution in [3.63, 3.8) is 0 Å². The van der Waals surface area contributed by atoms with E-state index in [0.717, 1.165) is 37.3 Å². The number of nitrogen functional groups attached to an aromatic ring is 1. The summed E-state index contributed by atoms with van der Waals surface area (Å²) in [6.07, 6.45) is -1.42. The normalized spacial score (nSPS) is 15.1. The fourth-order valence-corrected chi connectivity index (χ4v) is 4.56. The van der Waals surface area contributed by atoms with Gasteiger partial charge in [-0.1, -0.05) is 36.4 Å². The molecule has 1 unspecified atom stereocenters. The number of alkyl halides is 3. The van der Waals surface area contributed by atoms with E-state index < -0.39 is 17.8 Å². The maximum absolute atomic E-state index is 13.5. The van der Waals surface area contributed by atoms with Crippen LogP contribution in [0.15, 0.2) is 78.9 Å². The Balaban J connectivity index is 1.47. The summed E-state index contributed by atoms with van der Waals surface area (Å²) in [7, 11) is 1.84. The largest absolute Gasteiger partial charge is 0.416 e. The number of ether oxygens (including phenoxy) is 1. The van der Waals surface area contributed by atoms with Gasteiger partial charge in [-0.05, 0) is 60.6 Å². The molecule has 0 aromatic heterocycles. The highest BCUT2D eigenvalue weighted by atomic mass is 19.4. The molecule has 1 saturated heterocycles. The second-order valence-electron chi connectivity index (χ2n) is 9.98. The van der Waals surface area contributed by atoms with Crippen molar-refractivity contribution in [3.8, 4) is 0 Å². The smallest absolute Gasteiger partial charge is 0.397 e. The first-order valence-electron chi connectivity index (χ1n) is 13.5. The van der Waals surface area contributed by atoms with Crippen LogP contribution in [0, 0.1) is 0 Å². The third-order valence-electron chi connectivity index (χ3n) is 6.94. The molecule has 42 heavy (non-hydrogen) atoms. The van der Waals surface area contributed by atoms with Gasteiger partial charge in [0.05, 0.1) is 30.2 Å². The van der Waals surface area contributed by atoms with Gasteiger partial charge in [0.25, 0.3) is 0 Å². The molecule has 1 fully saturated rings. The molecule has 2 amide bonds. The van der Waals surface area contributed by atoms with Gasteiger partial charge in [-0.15, -0.1) is 0 Å². The highest BCUT2D eigenvalue weighted by Crippen LogP contribution is 2.30. The van der Waals surface area contributed by atoms with Crippen LogP contribution in [0.5, 0.6) is 0 Å². The van der Waals surface area contributed by atoms with Crippen molar-refractivity contribution in [2.45, 2.75) is 12.2 Å². The Bertz CT molecular complexity index is 1370. The maximum atomic E-state index is 13.5. The van der Waals surface area contributed by atoms with Crippen molar-refractivity contribution in [1.29, 1.82) is 0 Å². The van der Waals surface area contributed by atoms with Gasteiger partial charge < -0.3 is 21.1 Å². The molecular formula is C31H34F3N5O3. The van der Waals surface area contributed by atoms with Gasteiger partial charge in [-0.25, -0.2) is 0 Å². The van der Waals surface area contributed by atoms with Gasteiger partial charge in [0.2, 0.25) is 11.8 Å². The van der Waals surface area contributed by atoms with Crippen LogP contribution in [0.2, 0.25) is 0 Å². The Hall–Kier alpha value is -4.19. The summed E-state index contributed by atoms with van der Waals surface area (Å²) >= 11 is 0. The quantitative estimate of drug-likeness (QED) is 0.233. The van der Waals surface area contributed by atoms with Crippen molar-refractivity contribution in [2.24, 2.45) is 0 Å². The summed E-state index contributed by atoms with van der Waals surface area (Å²) in [6, 6.07) is 17.8. The molecule has 3 aromatic rings. The first-order chi connectivity index (χ1) is 20.1. The Morgan fingerprint density at radius 3 is 2.31 bits per heavy atom. The van der Waals surface area contributed by atoms with Gasteiger partial charge in [0, 0.05) is 37.9 Å². The number of nitrogens with one attached hydrogen (secondary N) is 2. The number of anilines is 3. The van der Waals surface area contributed by atoms with Gasteiger partial charge in [0.15, 0.2) is 0 Å². The minimum absolute atomic E-state index is 0.268. The Kier molecular flexibility index (Phi) is 10.3. The van der Waals surface area contributed by atoms with Crippen LogP contribution >= 0.6 is 0 Å². The number of hydrogen-bond donors (Lipinski definition) is 3. The predicted molar refractivity (Wildman–Crippen MR) is 158 cm³/mol. The zero-order valence-corrected chi connectivity index (χ0v) is 23.2. The lowest BCUT2D eigenvalue weighted by molar-refractivity contribution is -0.137. The highest BCUT2D eigenvalue weighted by Gasteiger charge is 2.30. The summed E-state index contributed by atoms with van der Waals surface area (Å²) in [5, 5.41) is 5.49. The summed E-state index contributed by atoms with van der Waals surface area (Å²) in [5.74, 6) is -0.712. The van der Waals surface area contributed by atoms with E-state index >= 15 is 0 Å². The number of benzene rings is 3. The zero-order chi connectivity index (χ0) is 30.1. The number of carbonyl (C=O) groups is 2. The number of amides is 2. The van der Waals surface area contributed by atoms with Crippen LogP contribution in [-0.4, -0.2) is 68.1 Å². The van der Waals surface area contributed by atoms with Crippen LogP contribution < -0.4 is 16.4 Å². The average Bonchev–Trinajstić information content (AvgIpc) is 2.97. The molecular weight excluding hydrogens is 547 g/mol. The van der Waals surface area contributed by atoms with Gasteiger partial charge >= 0.3 is 6.18 Å². The lowest BCUT2D eigenvalue weighted by atomic mass is 10.0. The number of likely N-dealkylation sites (N-methyl/N-ethyl adjacent to an activating group) is 1. The number of rotatable bonds is 10. The van der Waals surface area contributed by atoms with E-state index in [1.165, 1.54) is 18.2 Å². The van der Waals surface area contributed by atoms with Crippen molar-refractivity contribution in [3.05, 3.63) is 95.6 Å². The lowest BCUT2D eigenvalue weighted by Crippen LogP contribution is -2.43. The van der Waals surface area contributed by atoms with E-state index in [1.807, 2.05) is 11.9 Å². The van der Waals surface area contributed by atoms with Crippen molar-refractivity contribution in [2.75, 3.05) is 62.8 Å². The summed E-state index contributed by atoms with van der Waals surface area (Å²) in [5.41, 5.74) is 7.78. The third kappa shape index (κ3) is 8.65. The van der Waals surface area contributed by atoms with E-state index in [1.54, 1.807) is 54.6 Å². The number of hydrogen-bond acceptors (Lipinski definition) is 6. The van der Waals surface area contributed by atoms with Crippen molar-refractivity contribution in [1.82, 2.24) is 9.80 Å². The molecule has 3 aromatic carbocycles. The monoisotopic (exact) mass is 581 g/mol. The first-order valence-corrected chi connectivity index (χ1v) is 13.5. The van der Waals surface area contributed by atoms with Crippen LogP contribution in [-0.2, 0) is 20.5 Å². The first kappa shape index (κ1) is 30.8. The fraction of sp³-hybridized carbons (Fsp3) is 0.290. The zero-order valence-electron chi connectivity index (χ0n) is 23.2. The van der Waals surface area contributed by atoms with Gasteiger partial charge in [0.1, 0.15) is 6.04 Å². The van der Waals surface area contributed by atoms with Crippen LogP contribution in [0.3, 0.4) is 0 Å². The minimum Gasteiger partial charge on any atom is -0.397 e. The van der Waals surface area contributed by atoms with Crippen LogP contribution in [0.4, 0.5) is 30.2 Å². The van der Waals surface area contributed by atoms with E-state index in [-0.39, 0.29) is 17.5 Å². The molecule has 1 atom stereocenters. The van der Waals surface area contributed by atoms with Crippen LogP contribution in [0.1, 0.15) is 22.7 Å². The summed E-state index contributed by atoms with van der Waals surface area (Å²) in [6.45, 7) is 4.24. The average molecular weight is 582 g/mol. The molecule has 1 heterocycles. The number of morpholine rings is 1. The molecule has 8 nitrogen and oxygen atoms in total. The number of nitrogens with two attached hydrogens (primary N) is 1. The van der Waals surface area contributed by atoms with Crippen LogP contribution in [0.25, 0.3) is 6.08 Å². The van der Waals surface area contributed by atoms with E-state index in [4.69, 9.17) is 10.5 Å². The highest BCUT2D eigenvalue weighted by molar-refractivity contribution is 6.03. The lowest BCUT2D eigenvalue weighted by Gasteiger charge is -2.32. The second-order valence-corrected chi connectivity index (χ2v) is 9.98. The Labute approximate surface area is 242 Å². The topological polar surface area (TPSA) is 99.9 Å². The number of halogens is 3. The third-order valence-corrected chi connectivity index (χ3v) is 6.94. The molecule has 0 bridgehead atoms. The van der Waals surface area contributed by atoms with Crippen molar-refractivity contribution < 1.29 is 27.5 Å². The SMILES string of the molecule is CN(CCN1CCOCC1)C(C(=O)Nc1ccc(C(F)(F)F)cc1)c1ccc(/C=C/C(=O)Nc2ccccc2N)cc1.